The molecular weight excluding hydrogens is 408 g/mol. The molecule has 1 amide bonds. The Balaban J connectivity index is 3.46. The van der Waals surface area contributed by atoms with E-state index in [4.69, 9.17) is 23.7 Å². The van der Waals surface area contributed by atoms with Crippen LogP contribution in [-0.4, -0.2) is 115 Å². The summed E-state index contributed by atoms with van der Waals surface area (Å²) < 4.78 is 26.7. The molecule has 0 aromatic rings. The molecule has 0 saturated carbocycles. The first-order valence-electron chi connectivity index (χ1n) is 10.8. The number of hydrogen-bond donors (Lipinski definition) is 1. The number of hydrogen-bond acceptors (Lipinski definition) is 8. The van der Waals surface area contributed by atoms with Crippen LogP contribution in [0.3, 0.4) is 0 Å². The zero-order valence-corrected chi connectivity index (χ0v) is 20.5. The molecule has 0 radical (unpaired) electrons. The average Bonchev–Trinajstić information content (AvgIpc) is 2.70. The number of rotatable bonds is 22. The molecule has 30 heavy (non-hydrogen) atoms. The normalized spacial score (nSPS) is 11.9. The largest absolute Gasteiger partial charge is 0.383 e. The maximum Gasteiger partial charge on any atom is 0.230 e. The first-order valence-corrected chi connectivity index (χ1v) is 11.8. The van der Waals surface area contributed by atoms with Gasteiger partial charge in [0.25, 0.3) is 0 Å². The molecule has 0 fully saturated rings. The molecule has 0 aromatic carbocycles. The standard InChI is InChI=1S/C21H44N2O6S/c1-6-9-26-12-14-28-16-17-29-15-13-27-10-7-22-20(24)18-30-21(2,3)19-23(4)8-11-25-5/h6-19H2,1-5H3,(H,22,24). The predicted octanol–water partition coefficient (Wildman–Crippen LogP) is 1.67. The van der Waals surface area contributed by atoms with Gasteiger partial charge >= 0.3 is 0 Å². The van der Waals surface area contributed by atoms with Crippen molar-refractivity contribution in [2.75, 3.05) is 99.0 Å². The second kappa shape index (κ2) is 20.5. The number of carbonyl (C=O) groups is 1. The van der Waals surface area contributed by atoms with Gasteiger partial charge in [-0.3, -0.25) is 4.79 Å². The minimum Gasteiger partial charge on any atom is -0.383 e. The van der Waals surface area contributed by atoms with Crippen LogP contribution >= 0.6 is 11.8 Å². The molecule has 1 N–H and O–H groups in total. The van der Waals surface area contributed by atoms with Crippen molar-refractivity contribution in [3.8, 4) is 0 Å². The molecule has 8 nitrogen and oxygen atoms in total. The van der Waals surface area contributed by atoms with Crippen molar-refractivity contribution in [1.82, 2.24) is 10.2 Å². The Kier molecular flexibility index (Phi) is 20.2. The molecule has 0 rings (SSSR count). The molecule has 0 heterocycles. The fourth-order valence-corrected chi connectivity index (χ4v) is 3.44. The van der Waals surface area contributed by atoms with Gasteiger partial charge in [0, 0.05) is 38.1 Å². The minimum atomic E-state index is -0.0000837. The smallest absolute Gasteiger partial charge is 0.230 e. The van der Waals surface area contributed by atoms with Gasteiger partial charge in [0.1, 0.15) is 0 Å². The highest BCUT2D eigenvalue weighted by molar-refractivity contribution is 8.01. The first-order chi connectivity index (χ1) is 14.4. The van der Waals surface area contributed by atoms with Gasteiger partial charge in [0.2, 0.25) is 5.91 Å². The van der Waals surface area contributed by atoms with E-state index >= 15 is 0 Å². The summed E-state index contributed by atoms with van der Waals surface area (Å²) in [5.74, 6) is 0.477. The van der Waals surface area contributed by atoms with E-state index in [2.05, 4.69) is 38.0 Å². The van der Waals surface area contributed by atoms with Crippen LogP contribution in [0.25, 0.3) is 0 Å². The highest BCUT2D eigenvalue weighted by Crippen LogP contribution is 2.24. The van der Waals surface area contributed by atoms with Crippen molar-refractivity contribution in [2.24, 2.45) is 0 Å². The number of thioether (sulfide) groups is 1. The van der Waals surface area contributed by atoms with Gasteiger partial charge < -0.3 is 33.9 Å². The van der Waals surface area contributed by atoms with Crippen LogP contribution in [0.4, 0.5) is 0 Å². The summed E-state index contributed by atoms with van der Waals surface area (Å²) in [6.07, 6.45) is 1.03. The second-order valence-electron chi connectivity index (χ2n) is 7.58. The Bertz CT molecular complexity index is 402. The van der Waals surface area contributed by atoms with E-state index in [1.807, 2.05) is 0 Å². The molecule has 180 valence electrons. The van der Waals surface area contributed by atoms with Crippen LogP contribution in [-0.2, 0) is 28.5 Å². The number of ether oxygens (including phenoxy) is 5. The van der Waals surface area contributed by atoms with E-state index in [1.165, 1.54) is 0 Å². The molecule has 0 aliphatic heterocycles. The number of amides is 1. The Morgan fingerprint density at radius 2 is 1.43 bits per heavy atom. The van der Waals surface area contributed by atoms with E-state index in [0.29, 0.717) is 65.2 Å². The number of likely N-dealkylation sites (N-methyl/N-ethyl adjacent to an activating group) is 1. The Morgan fingerprint density at radius 3 is 1.97 bits per heavy atom. The van der Waals surface area contributed by atoms with Gasteiger partial charge in [-0.1, -0.05) is 6.92 Å². The number of methoxy groups -OCH3 is 1. The lowest BCUT2D eigenvalue weighted by atomic mass is 10.2. The number of nitrogens with one attached hydrogen (secondary N) is 1. The summed E-state index contributed by atoms with van der Waals surface area (Å²) in [7, 11) is 3.77. The SMILES string of the molecule is CCCOCCOCCOCCOCCNC(=O)CSC(C)(C)CN(C)CCOC. The lowest BCUT2D eigenvalue weighted by Crippen LogP contribution is -2.37. The predicted molar refractivity (Wildman–Crippen MR) is 122 cm³/mol. The van der Waals surface area contributed by atoms with Crippen molar-refractivity contribution in [3.05, 3.63) is 0 Å². The van der Waals surface area contributed by atoms with E-state index in [1.54, 1.807) is 18.9 Å². The molecule has 0 aliphatic carbocycles. The molecule has 0 aromatic heterocycles. The highest BCUT2D eigenvalue weighted by Gasteiger charge is 2.21. The van der Waals surface area contributed by atoms with Crippen molar-refractivity contribution < 1.29 is 28.5 Å². The van der Waals surface area contributed by atoms with Gasteiger partial charge in [0.05, 0.1) is 58.6 Å². The fraction of sp³-hybridized carbons (Fsp3) is 0.952. The van der Waals surface area contributed by atoms with Gasteiger partial charge in [-0.25, -0.2) is 0 Å². The monoisotopic (exact) mass is 452 g/mol. The topological polar surface area (TPSA) is 78.5 Å². The maximum atomic E-state index is 12.0. The van der Waals surface area contributed by atoms with Crippen LogP contribution in [0.5, 0.6) is 0 Å². The maximum absolute atomic E-state index is 12.0. The summed E-state index contributed by atoms with van der Waals surface area (Å²) in [6.45, 7) is 14.0. The molecule has 0 bridgehead atoms. The highest BCUT2D eigenvalue weighted by atomic mass is 32.2. The van der Waals surface area contributed by atoms with Crippen molar-refractivity contribution in [2.45, 2.75) is 31.9 Å². The van der Waals surface area contributed by atoms with Crippen molar-refractivity contribution >= 4 is 17.7 Å². The molecule has 0 spiro atoms. The Hall–Kier alpha value is -0.420. The van der Waals surface area contributed by atoms with Crippen LogP contribution in [0, 0.1) is 0 Å². The summed E-state index contributed by atoms with van der Waals surface area (Å²) in [6, 6.07) is 0. The number of nitrogens with zero attached hydrogens (tertiary/aromatic N) is 1. The van der Waals surface area contributed by atoms with Gasteiger partial charge in [-0.05, 0) is 27.3 Å². The van der Waals surface area contributed by atoms with E-state index in [0.717, 1.165) is 26.1 Å². The fourth-order valence-electron chi connectivity index (χ4n) is 2.50. The van der Waals surface area contributed by atoms with Crippen LogP contribution in [0.1, 0.15) is 27.2 Å². The summed E-state index contributed by atoms with van der Waals surface area (Å²) in [5, 5.41) is 2.89. The minimum absolute atomic E-state index is 0.0000837. The van der Waals surface area contributed by atoms with E-state index in [9.17, 15) is 4.79 Å². The summed E-state index contributed by atoms with van der Waals surface area (Å²) in [5.41, 5.74) is 0. The van der Waals surface area contributed by atoms with Crippen LogP contribution in [0.15, 0.2) is 0 Å². The molecule has 9 heteroatoms. The lowest BCUT2D eigenvalue weighted by Gasteiger charge is -2.29. The summed E-state index contributed by atoms with van der Waals surface area (Å²) in [4.78, 5) is 14.2. The van der Waals surface area contributed by atoms with Gasteiger partial charge in [-0.15, -0.1) is 11.8 Å². The zero-order chi connectivity index (χ0) is 22.5. The number of carbonyl (C=O) groups excluding carboxylic acids is 1. The lowest BCUT2D eigenvalue weighted by molar-refractivity contribution is -0.118. The zero-order valence-electron chi connectivity index (χ0n) is 19.7. The third-order valence-electron chi connectivity index (χ3n) is 3.95. The third kappa shape index (κ3) is 20.8. The second-order valence-corrected chi connectivity index (χ2v) is 9.26. The van der Waals surface area contributed by atoms with Crippen LogP contribution in [0.2, 0.25) is 0 Å². The Morgan fingerprint density at radius 1 is 0.900 bits per heavy atom. The molecular formula is C21H44N2O6S. The molecule has 0 unspecified atom stereocenters. The average molecular weight is 453 g/mol. The van der Waals surface area contributed by atoms with Crippen molar-refractivity contribution in [1.29, 1.82) is 0 Å². The van der Waals surface area contributed by atoms with E-state index in [-0.39, 0.29) is 10.7 Å². The summed E-state index contributed by atoms with van der Waals surface area (Å²) >= 11 is 1.66. The van der Waals surface area contributed by atoms with Gasteiger partial charge in [-0.2, -0.15) is 0 Å². The quantitative estimate of drug-likeness (QED) is 0.249. The van der Waals surface area contributed by atoms with E-state index < -0.39 is 0 Å². The Labute approximate surface area is 187 Å². The first kappa shape index (κ1) is 29.6. The molecule has 0 aliphatic rings. The molecule has 0 atom stereocenters. The van der Waals surface area contributed by atoms with Crippen molar-refractivity contribution in [3.63, 3.8) is 0 Å². The third-order valence-corrected chi connectivity index (χ3v) is 5.27. The molecule has 0 saturated heterocycles. The van der Waals surface area contributed by atoms with Gasteiger partial charge in [0.15, 0.2) is 0 Å². The van der Waals surface area contributed by atoms with Crippen LogP contribution < -0.4 is 5.32 Å².